The van der Waals surface area contributed by atoms with Gasteiger partial charge in [-0.3, -0.25) is 9.59 Å². The summed E-state index contributed by atoms with van der Waals surface area (Å²) >= 11 is 0. The fourth-order valence-electron chi connectivity index (χ4n) is 3.33. The lowest BCUT2D eigenvalue weighted by molar-refractivity contribution is -0.139. The van der Waals surface area contributed by atoms with Crippen molar-refractivity contribution in [3.63, 3.8) is 0 Å². The van der Waals surface area contributed by atoms with Gasteiger partial charge in [-0.05, 0) is 34.9 Å². The normalized spacial score (nSPS) is 11.5. The molecule has 0 fully saturated rings. The van der Waals surface area contributed by atoms with Crippen molar-refractivity contribution in [1.29, 1.82) is 0 Å². The van der Waals surface area contributed by atoms with Crippen molar-refractivity contribution >= 4 is 11.8 Å². The van der Waals surface area contributed by atoms with E-state index < -0.39 is 23.7 Å². The molecule has 6 heteroatoms. The number of ether oxygens (including phenoxy) is 1. The van der Waals surface area contributed by atoms with E-state index in [0.29, 0.717) is 11.3 Å². The minimum atomic E-state index is -0.989. The second-order valence-electron chi connectivity index (χ2n) is 6.86. The van der Waals surface area contributed by atoms with Gasteiger partial charge in [0.15, 0.2) is 0 Å². The standard InChI is InChI=1S/C24H23FN2O3/c1-30-20-12-7-8-17(14-20)16-27(22(28)15-19-11-5-6-13-21(19)25)23(24(26)29)18-9-3-2-4-10-18/h2-14,23H,15-16H2,1H3,(H2,26,29)/t23-/m1/s1. The molecule has 30 heavy (non-hydrogen) atoms. The van der Waals surface area contributed by atoms with E-state index in [2.05, 4.69) is 0 Å². The summed E-state index contributed by atoms with van der Waals surface area (Å²) in [5.74, 6) is -0.909. The van der Waals surface area contributed by atoms with Crippen LogP contribution in [-0.2, 0) is 22.6 Å². The fourth-order valence-corrected chi connectivity index (χ4v) is 3.33. The predicted octanol–water partition coefficient (Wildman–Crippen LogP) is 3.63. The molecule has 0 unspecified atom stereocenters. The van der Waals surface area contributed by atoms with Gasteiger partial charge in [-0.25, -0.2) is 4.39 Å². The Bertz CT molecular complexity index is 1020. The number of nitrogens with zero attached hydrogens (tertiary/aromatic N) is 1. The summed E-state index contributed by atoms with van der Waals surface area (Å²) in [5, 5.41) is 0. The zero-order valence-electron chi connectivity index (χ0n) is 16.6. The van der Waals surface area contributed by atoms with Crippen molar-refractivity contribution in [3.8, 4) is 5.75 Å². The number of hydrogen-bond acceptors (Lipinski definition) is 3. The van der Waals surface area contributed by atoms with Crippen molar-refractivity contribution in [2.45, 2.75) is 19.0 Å². The van der Waals surface area contributed by atoms with Crippen molar-refractivity contribution in [1.82, 2.24) is 4.90 Å². The molecule has 2 amide bonds. The quantitative estimate of drug-likeness (QED) is 0.621. The Hall–Kier alpha value is -3.67. The van der Waals surface area contributed by atoms with E-state index in [-0.39, 0.29) is 18.5 Å². The molecule has 0 aliphatic rings. The highest BCUT2D eigenvalue weighted by molar-refractivity contribution is 5.88. The molecule has 0 saturated heterocycles. The molecule has 0 spiro atoms. The van der Waals surface area contributed by atoms with E-state index in [9.17, 15) is 14.0 Å². The van der Waals surface area contributed by atoms with Gasteiger partial charge in [0.05, 0.1) is 13.5 Å². The second kappa shape index (κ2) is 9.69. The number of halogens is 1. The molecule has 0 aliphatic carbocycles. The van der Waals surface area contributed by atoms with Gasteiger partial charge in [0, 0.05) is 6.54 Å². The molecule has 0 heterocycles. The smallest absolute Gasteiger partial charge is 0.244 e. The van der Waals surface area contributed by atoms with Gasteiger partial charge in [-0.1, -0.05) is 60.7 Å². The van der Waals surface area contributed by atoms with Crippen LogP contribution in [0.2, 0.25) is 0 Å². The Balaban J connectivity index is 1.99. The first kappa shape index (κ1) is 21.0. The number of carbonyl (C=O) groups excluding carboxylic acids is 2. The molecular formula is C24H23FN2O3. The van der Waals surface area contributed by atoms with Crippen LogP contribution >= 0.6 is 0 Å². The van der Waals surface area contributed by atoms with Crippen molar-refractivity contribution in [2.75, 3.05) is 7.11 Å². The number of benzene rings is 3. The van der Waals surface area contributed by atoms with Crippen LogP contribution in [-0.4, -0.2) is 23.8 Å². The van der Waals surface area contributed by atoms with Crippen LogP contribution in [0.25, 0.3) is 0 Å². The highest BCUT2D eigenvalue weighted by atomic mass is 19.1. The van der Waals surface area contributed by atoms with E-state index in [1.807, 2.05) is 12.1 Å². The minimum Gasteiger partial charge on any atom is -0.497 e. The van der Waals surface area contributed by atoms with E-state index in [4.69, 9.17) is 10.5 Å². The summed E-state index contributed by atoms with van der Waals surface area (Å²) in [7, 11) is 1.55. The van der Waals surface area contributed by atoms with Crippen molar-refractivity contribution in [3.05, 3.63) is 101 Å². The van der Waals surface area contributed by atoms with E-state index in [0.717, 1.165) is 5.56 Å². The molecule has 2 N–H and O–H groups in total. The third-order valence-corrected chi connectivity index (χ3v) is 4.80. The third-order valence-electron chi connectivity index (χ3n) is 4.80. The number of primary amides is 1. The molecular weight excluding hydrogens is 383 g/mol. The van der Waals surface area contributed by atoms with Crippen LogP contribution in [0.5, 0.6) is 5.75 Å². The summed E-state index contributed by atoms with van der Waals surface area (Å²) in [6.07, 6.45) is -0.187. The zero-order chi connectivity index (χ0) is 21.5. The SMILES string of the molecule is COc1cccc(CN(C(=O)Cc2ccccc2F)[C@@H](C(N)=O)c2ccccc2)c1. The van der Waals surface area contributed by atoms with Gasteiger partial charge in [-0.2, -0.15) is 0 Å². The Kier molecular flexibility index (Phi) is 6.80. The first-order valence-corrected chi connectivity index (χ1v) is 9.49. The van der Waals surface area contributed by atoms with Crippen LogP contribution in [0.4, 0.5) is 4.39 Å². The Morgan fingerprint density at radius 1 is 1.00 bits per heavy atom. The number of hydrogen-bond donors (Lipinski definition) is 1. The molecule has 0 aromatic heterocycles. The molecule has 5 nitrogen and oxygen atoms in total. The van der Waals surface area contributed by atoms with Gasteiger partial charge in [0.25, 0.3) is 0 Å². The monoisotopic (exact) mass is 406 g/mol. The Morgan fingerprint density at radius 2 is 1.70 bits per heavy atom. The molecule has 3 aromatic rings. The highest BCUT2D eigenvalue weighted by Crippen LogP contribution is 2.25. The van der Waals surface area contributed by atoms with E-state index in [1.165, 1.54) is 11.0 Å². The number of rotatable bonds is 8. The third kappa shape index (κ3) is 5.03. The molecule has 1 atom stereocenters. The first-order chi connectivity index (χ1) is 14.5. The molecule has 3 aromatic carbocycles. The summed E-state index contributed by atoms with van der Waals surface area (Å²) in [6.45, 7) is 0.118. The maximum atomic E-state index is 14.1. The number of nitrogens with two attached hydrogens (primary N) is 1. The topological polar surface area (TPSA) is 72.6 Å². The van der Waals surface area contributed by atoms with Crippen LogP contribution in [0, 0.1) is 5.82 Å². The summed E-state index contributed by atoms with van der Waals surface area (Å²) in [4.78, 5) is 27.1. The number of amides is 2. The van der Waals surface area contributed by atoms with Gasteiger partial charge < -0.3 is 15.4 Å². The minimum absolute atomic E-state index is 0.118. The van der Waals surface area contributed by atoms with E-state index >= 15 is 0 Å². The van der Waals surface area contributed by atoms with E-state index in [1.54, 1.807) is 67.8 Å². The van der Waals surface area contributed by atoms with Crippen molar-refractivity contribution in [2.24, 2.45) is 5.73 Å². The lowest BCUT2D eigenvalue weighted by Gasteiger charge is -2.30. The molecule has 154 valence electrons. The predicted molar refractivity (Wildman–Crippen MR) is 112 cm³/mol. The molecule has 3 rings (SSSR count). The summed E-state index contributed by atoms with van der Waals surface area (Å²) in [5.41, 5.74) is 7.32. The zero-order valence-corrected chi connectivity index (χ0v) is 16.6. The fraction of sp³-hybridized carbons (Fsp3) is 0.167. The average Bonchev–Trinajstić information content (AvgIpc) is 2.75. The van der Waals surface area contributed by atoms with Gasteiger partial charge in [-0.15, -0.1) is 0 Å². The largest absolute Gasteiger partial charge is 0.497 e. The second-order valence-corrected chi connectivity index (χ2v) is 6.86. The van der Waals surface area contributed by atoms with Gasteiger partial charge in [0.1, 0.15) is 17.6 Å². The van der Waals surface area contributed by atoms with Crippen LogP contribution in [0.15, 0.2) is 78.9 Å². The number of methoxy groups -OCH3 is 1. The Labute approximate surface area is 174 Å². The molecule has 0 saturated carbocycles. The maximum absolute atomic E-state index is 14.1. The molecule has 0 bridgehead atoms. The lowest BCUT2D eigenvalue weighted by atomic mass is 10.0. The van der Waals surface area contributed by atoms with Gasteiger partial charge >= 0.3 is 0 Å². The number of carbonyl (C=O) groups is 2. The molecule has 0 radical (unpaired) electrons. The Morgan fingerprint density at radius 3 is 2.37 bits per heavy atom. The lowest BCUT2D eigenvalue weighted by Crippen LogP contribution is -2.42. The maximum Gasteiger partial charge on any atom is 0.244 e. The van der Waals surface area contributed by atoms with Crippen LogP contribution < -0.4 is 10.5 Å². The average molecular weight is 406 g/mol. The molecule has 0 aliphatic heterocycles. The highest BCUT2D eigenvalue weighted by Gasteiger charge is 2.30. The van der Waals surface area contributed by atoms with Crippen LogP contribution in [0.3, 0.4) is 0 Å². The van der Waals surface area contributed by atoms with Crippen LogP contribution in [0.1, 0.15) is 22.7 Å². The summed E-state index contributed by atoms with van der Waals surface area (Å²) in [6, 6.07) is 21.1. The first-order valence-electron chi connectivity index (χ1n) is 9.49. The van der Waals surface area contributed by atoms with Crippen molar-refractivity contribution < 1.29 is 18.7 Å². The summed E-state index contributed by atoms with van der Waals surface area (Å²) < 4.78 is 19.4. The van der Waals surface area contributed by atoms with Gasteiger partial charge in [0.2, 0.25) is 11.8 Å².